The van der Waals surface area contributed by atoms with Crippen LogP contribution in [0.3, 0.4) is 0 Å². The van der Waals surface area contributed by atoms with Crippen LogP contribution in [-0.2, 0) is 5.54 Å². The summed E-state index contributed by atoms with van der Waals surface area (Å²) >= 11 is 1.62. The standard InChI is InChI=1S/C7H10N2S/c8-7(2-1-3-7)6-4-10-5-9-6/h4-5H,1-3,8H2. The van der Waals surface area contributed by atoms with Crippen LogP contribution < -0.4 is 5.73 Å². The molecule has 0 unspecified atom stereocenters. The Hall–Kier alpha value is -0.410. The van der Waals surface area contributed by atoms with Crippen molar-refractivity contribution in [1.29, 1.82) is 0 Å². The highest BCUT2D eigenvalue weighted by atomic mass is 32.1. The highest BCUT2D eigenvalue weighted by Crippen LogP contribution is 2.37. The van der Waals surface area contributed by atoms with Crippen LogP contribution in [0, 0.1) is 0 Å². The fourth-order valence-electron chi connectivity index (χ4n) is 1.27. The summed E-state index contributed by atoms with van der Waals surface area (Å²) in [6, 6.07) is 0. The van der Waals surface area contributed by atoms with E-state index in [-0.39, 0.29) is 5.54 Å². The van der Waals surface area contributed by atoms with Crippen molar-refractivity contribution in [1.82, 2.24) is 4.98 Å². The minimum atomic E-state index is -0.0556. The lowest BCUT2D eigenvalue weighted by Crippen LogP contribution is -2.43. The van der Waals surface area contributed by atoms with Gasteiger partial charge in [-0.3, -0.25) is 0 Å². The van der Waals surface area contributed by atoms with Crippen LogP contribution in [0.15, 0.2) is 10.9 Å². The normalized spacial score (nSPS) is 22.1. The number of hydrogen-bond donors (Lipinski definition) is 1. The van der Waals surface area contributed by atoms with E-state index < -0.39 is 0 Å². The molecule has 2 N–H and O–H groups in total. The van der Waals surface area contributed by atoms with Crippen molar-refractivity contribution in [2.24, 2.45) is 5.73 Å². The van der Waals surface area contributed by atoms with E-state index in [1.807, 2.05) is 5.51 Å². The maximum atomic E-state index is 6.01. The Morgan fingerprint density at radius 1 is 1.60 bits per heavy atom. The Labute approximate surface area is 64.1 Å². The molecule has 0 aromatic carbocycles. The second-order valence-corrected chi connectivity index (χ2v) is 3.60. The molecule has 1 aliphatic rings. The lowest BCUT2D eigenvalue weighted by molar-refractivity contribution is 0.247. The van der Waals surface area contributed by atoms with Crippen molar-refractivity contribution < 1.29 is 0 Å². The third kappa shape index (κ3) is 0.777. The van der Waals surface area contributed by atoms with Gasteiger partial charge in [-0.1, -0.05) is 0 Å². The van der Waals surface area contributed by atoms with Gasteiger partial charge in [0.05, 0.1) is 16.7 Å². The van der Waals surface area contributed by atoms with E-state index in [4.69, 9.17) is 5.73 Å². The van der Waals surface area contributed by atoms with Crippen LogP contribution in [0.25, 0.3) is 0 Å². The predicted octanol–water partition coefficient (Wildman–Crippen LogP) is 1.48. The molecule has 0 aliphatic heterocycles. The van der Waals surface area contributed by atoms with Crippen LogP contribution >= 0.6 is 11.3 Å². The maximum Gasteiger partial charge on any atom is 0.0795 e. The van der Waals surface area contributed by atoms with Gasteiger partial charge in [0.1, 0.15) is 0 Å². The molecule has 1 saturated carbocycles. The smallest absolute Gasteiger partial charge is 0.0795 e. The summed E-state index contributed by atoms with van der Waals surface area (Å²) < 4.78 is 0. The maximum absolute atomic E-state index is 6.01. The van der Waals surface area contributed by atoms with Gasteiger partial charge in [-0.05, 0) is 19.3 Å². The van der Waals surface area contributed by atoms with Crippen molar-refractivity contribution in [3.63, 3.8) is 0 Å². The zero-order chi connectivity index (χ0) is 7.03. The molecule has 1 fully saturated rings. The predicted molar refractivity (Wildman–Crippen MR) is 41.8 cm³/mol. The molecule has 10 heavy (non-hydrogen) atoms. The quantitative estimate of drug-likeness (QED) is 0.665. The van der Waals surface area contributed by atoms with Gasteiger partial charge >= 0.3 is 0 Å². The van der Waals surface area contributed by atoms with Gasteiger partial charge in [-0.15, -0.1) is 11.3 Å². The summed E-state index contributed by atoms with van der Waals surface area (Å²) in [5.74, 6) is 0. The third-order valence-corrected chi connectivity index (χ3v) is 2.77. The van der Waals surface area contributed by atoms with E-state index in [1.165, 1.54) is 6.42 Å². The highest BCUT2D eigenvalue weighted by Gasteiger charge is 2.35. The molecule has 1 heterocycles. The first kappa shape index (κ1) is 6.31. The number of thiazole rings is 1. The summed E-state index contributed by atoms with van der Waals surface area (Å²) in [4.78, 5) is 4.20. The molecule has 1 aromatic rings. The van der Waals surface area contributed by atoms with E-state index in [0.29, 0.717) is 0 Å². The molecule has 0 bridgehead atoms. The van der Waals surface area contributed by atoms with Gasteiger partial charge in [0.2, 0.25) is 0 Å². The van der Waals surface area contributed by atoms with E-state index in [2.05, 4.69) is 10.4 Å². The Kier molecular flexibility index (Phi) is 1.28. The molecular formula is C7H10N2S. The second kappa shape index (κ2) is 2.04. The molecule has 0 amide bonds. The van der Waals surface area contributed by atoms with Crippen molar-refractivity contribution in [2.75, 3.05) is 0 Å². The van der Waals surface area contributed by atoms with Gasteiger partial charge in [0, 0.05) is 5.38 Å². The van der Waals surface area contributed by atoms with Crippen molar-refractivity contribution in [3.05, 3.63) is 16.6 Å². The van der Waals surface area contributed by atoms with Crippen LogP contribution in [-0.4, -0.2) is 4.98 Å². The van der Waals surface area contributed by atoms with E-state index in [9.17, 15) is 0 Å². The van der Waals surface area contributed by atoms with Crippen molar-refractivity contribution in [2.45, 2.75) is 24.8 Å². The SMILES string of the molecule is NC1(c2cscn2)CCC1. The molecule has 54 valence electrons. The zero-order valence-corrected chi connectivity index (χ0v) is 6.53. The largest absolute Gasteiger partial charge is 0.320 e. The molecule has 1 aromatic heterocycles. The van der Waals surface area contributed by atoms with Gasteiger partial charge < -0.3 is 5.73 Å². The Morgan fingerprint density at radius 2 is 2.40 bits per heavy atom. The molecular weight excluding hydrogens is 144 g/mol. The Bertz CT molecular complexity index is 214. The van der Waals surface area contributed by atoms with Crippen LogP contribution in [0.1, 0.15) is 25.0 Å². The first-order valence-electron chi connectivity index (χ1n) is 3.49. The molecule has 0 radical (unpaired) electrons. The monoisotopic (exact) mass is 154 g/mol. The number of nitrogens with two attached hydrogens (primary N) is 1. The number of hydrogen-bond acceptors (Lipinski definition) is 3. The fraction of sp³-hybridized carbons (Fsp3) is 0.571. The lowest BCUT2D eigenvalue weighted by Gasteiger charge is -2.36. The van der Waals surface area contributed by atoms with E-state index >= 15 is 0 Å². The zero-order valence-electron chi connectivity index (χ0n) is 5.71. The number of rotatable bonds is 1. The summed E-state index contributed by atoms with van der Waals surface area (Å²) in [5.41, 5.74) is 8.89. The first-order chi connectivity index (χ1) is 4.81. The van der Waals surface area contributed by atoms with Crippen LogP contribution in [0.2, 0.25) is 0 Å². The molecule has 0 spiro atoms. The number of aromatic nitrogens is 1. The van der Waals surface area contributed by atoms with Gasteiger partial charge in [-0.2, -0.15) is 0 Å². The van der Waals surface area contributed by atoms with Crippen molar-refractivity contribution in [3.8, 4) is 0 Å². The molecule has 2 nitrogen and oxygen atoms in total. The molecule has 1 aliphatic carbocycles. The van der Waals surface area contributed by atoms with E-state index in [1.54, 1.807) is 11.3 Å². The van der Waals surface area contributed by atoms with Gasteiger partial charge in [-0.25, -0.2) is 4.98 Å². The first-order valence-corrected chi connectivity index (χ1v) is 4.43. The van der Waals surface area contributed by atoms with Crippen LogP contribution in [0.4, 0.5) is 0 Å². The average Bonchev–Trinajstić information content (AvgIpc) is 2.33. The summed E-state index contributed by atoms with van der Waals surface area (Å²) in [5, 5.41) is 2.05. The number of nitrogens with zero attached hydrogens (tertiary/aromatic N) is 1. The second-order valence-electron chi connectivity index (χ2n) is 2.88. The summed E-state index contributed by atoms with van der Waals surface area (Å²) in [6.45, 7) is 0. The van der Waals surface area contributed by atoms with Crippen LogP contribution in [0.5, 0.6) is 0 Å². The lowest BCUT2D eigenvalue weighted by atomic mass is 9.76. The Morgan fingerprint density at radius 3 is 2.80 bits per heavy atom. The highest BCUT2D eigenvalue weighted by molar-refractivity contribution is 7.07. The summed E-state index contributed by atoms with van der Waals surface area (Å²) in [7, 11) is 0. The fourth-order valence-corrected chi connectivity index (χ4v) is 1.93. The third-order valence-electron chi connectivity index (χ3n) is 2.19. The minimum Gasteiger partial charge on any atom is -0.320 e. The minimum absolute atomic E-state index is 0.0556. The average molecular weight is 154 g/mol. The molecule has 0 saturated heterocycles. The molecule has 0 atom stereocenters. The van der Waals surface area contributed by atoms with Gasteiger partial charge in [0.25, 0.3) is 0 Å². The van der Waals surface area contributed by atoms with Gasteiger partial charge in [0.15, 0.2) is 0 Å². The molecule has 2 rings (SSSR count). The topological polar surface area (TPSA) is 38.9 Å². The Balaban J connectivity index is 2.27. The van der Waals surface area contributed by atoms with E-state index in [0.717, 1.165) is 18.5 Å². The summed E-state index contributed by atoms with van der Waals surface area (Å²) in [6.07, 6.45) is 3.47. The van der Waals surface area contributed by atoms with Crippen molar-refractivity contribution >= 4 is 11.3 Å². The molecule has 3 heteroatoms.